The van der Waals surface area contributed by atoms with E-state index in [1.54, 1.807) is 0 Å². The zero-order valence-electron chi connectivity index (χ0n) is 19.6. The van der Waals surface area contributed by atoms with Gasteiger partial charge in [0, 0.05) is 10.9 Å². The number of nitrogens with zero attached hydrogens (tertiary/aromatic N) is 1. The number of pyridine rings is 1. The van der Waals surface area contributed by atoms with Crippen LogP contribution in [0.25, 0.3) is 76.4 Å². The van der Waals surface area contributed by atoms with Crippen molar-refractivity contribution in [3.63, 3.8) is 0 Å². The van der Waals surface area contributed by atoms with E-state index in [1.807, 2.05) is 0 Å². The van der Waals surface area contributed by atoms with E-state index in [1.165, 1.54) is 59.6 Å². The van der Waals surface area contributed by atoms with Crippen molar-refractivity contribution < 1.29 is 0 Å². The molecule has 0 saturated carbocycles. The molecule has 0 saturated heterocycles. The summed E-state index contributed by atoms with van der Waals surface area (Å²) in [5.74, 6) is 0. The minimum Gasteiger partial charge on any atom is -0.248 e. The molecule has 7 aromatic carbocycles. The third-order valence-corrected chi connectivity index (χ3v) is 7.55. The van der Waals surface area contributed by atoms with Gasteiger partial charge in [0.05, 0.1) is 11.2 Å². The summed E-state index contributed by atoms with van der Waals surface area (Å²) in [6, 6.07) is 46.1. The van der Waals surface area contributed by atoms with Crippen molar-refractivity contribution in [3.8, 4) is 22.4 Å². The van der Waals surface area contributed by atoms with E-state index in [-0.39, 0.29) is 0 Å². The zero-order chi connectivity index (χ0) is 23.6. The first-order valence-corrected chi connectivity index (χ1v) is 12.4. The van der Waals surface area contributed by atoms with Crippen LogP contribution in [-0.4, -0.2) is 4.98 Å². The molecular formula is C35H21N. The van der Waals surface area contributed by atoms with Crippen LogP contribution in [0.15, 0.2) is 127 Å². The maximum Gasteiger partial charge on any atom is 0.0715 e. The number of hydrogen-bond donors (Lipinski definition) is 0. The molecule has 1 aromatic heterocycles. The van der Waals surface area contributed by atoms with Crippen LogP contribution in [0.3, 0.4) is 0 Å². The van der Waals surface area contributed by atoms with E-state index in [9.17, 15) is 0 Å². The molecule has 36 heavy (non-hydrogen) atoms. The van der Waals surface area contributed by atoms with Gasteiger partial charge in [0.15, 0.2) is 0 Å². The first-order chi connectivity index (χ1) is 17.8. The Morgan fingerprint density at radius 3 is 1.89 bits per heavy atom. The average molecular weight is 456 g/mol. The monoisotopic (exact) mass is 455 g/mol. The lowest BCUT2D eigenvalue weighted by molar-refractivity contribution is 1.40. The quantitative estimate of drug-likeness (QED) is 0.187. The Hall–Kier alpha value is -4.75. The molecule has 1 heteroatoms. The molecule has 8 rings (SSSR count). The number of rotatable bonds is 2. The van der Waals surface area contributed by atoms with Crippen molar-refractivity contribution in [1.82, 2.24) is 4.98 Å². The average Bonchev–Trinajstić information content (AvgIpc) is 2.94. The summed E-state index contributed by atoms with van der Waals surface area (Å²) in [7, 11) is 0. The number of aromatic nitrogens is 1. The summed E-state index contributed by atoms with van der Waals surface area (Å²) >= 11 is 0. The van der Waals surface area contributed by atoms with Crippen LogP contribution in [0, 0.1) is 0 Å². The predicted octanol–water partition coefficient (Wildman–Crippen LogP) is 9.62. The summed E-state index contributed by atoms with van der Waals surface area (Å²) in [6.45, 7) is 0. The largest absolute Gasteiger partial charge is 0.248 e. The normalized spacial score (nSPS) is 11.9. The summed E-state index contributed by atoms with van der Waals surface area (Å²) in [6.07, 6.45) is 0. The fraction of sp³-hybridized carbons (Fsp3) is 0. The molecule has 0 atom stereocenters. The first-order valence-electron chi connectivity index (χ1n) is 12.4. The highest BCUT2D eigenvalue weighted by molar-refractivity contribution is 6.25. The van der Waals surface area contributed by atoms with Gasteiger partial charge in [0.25, 0.3) is 0 Å². The summed E-state index contributed by atoms with van der Waals surface area (Å²) < 4.78 is 0. The fourth-order valence-electron chi connectivity index (χ4n) is 5.81. The van der Waals surface area contributed by atoms with Crippen molar-refractivity contribution in [1.29, 1.82) is 0 Å². The van der Waals surface area contributed by atoms with Crippen LogP contribution < -0.4 is 0 Å². The second-order valence-electron chi connectivity index (χ2n) is 9.64. The van der Waals surface area contributed by atoms with Crippen LogP contribution in [0.4, 0.5) is 0 Å². The van der Waals surface area contributed by atoms with Gasteiger partial charge in [-0.15, -0.1) is 0 Å². The van der Waals surface area contributed by atoms with Gasteiger partial charge in [-0.2, -0.15) is 0 Å². The van der Waals surface area contributed by atoms with E-state index in [4.69, 9.17) is 4.98 Å². The molecule has 0 aliphatic carbocycles. The third kappa shape index (κ3) is 2.87. The molecule has 0 fully saturated rings. The highest BCUT2D eigenvalue weighted by atomic mass is 14.7. The second kappa shape index (κ2) is 7.37. The Kier molecular flexibility index (Phi) is 4.00. The summed E-state index contributed by atoms with van der Waals surface area (Å²) in [5.41, 5.74) is 5.63. The maximum atomic E-state index is 5.06. The smallest absolute Gasteiger partial charge is 0.0715 e. The van der Waals surface area contributed by atoms with E-state index in [0.29, 0.717) is 0 Å². The molecular weight excluding hydrogens is 434 g/mol. The Morgan fingerprint density at radius 2 is 1.03 bits per heavy atom. The standard InChI is InChI=1S/C35H21N/c1-2-6-26-21-33-29(19-25(26)5-1)15-18-32(36-33)28-10-4-9-27(20-28)30-16-13-24-12-11-22-7-3-8-23-14-17-31(30)35(24)34(22)23/h1-21H. The molecule has 0 N–H and O–H groups in total. The number of fused-ring (bicyclic) bond motifs is 2. The lowest BCUT2D eigenvalue weighted by Gasteiger charge is -2.14. The lowest BCUT2D eigenvalue weighted by atomic mass is 9.89. The maximum absolute atomic E-state index is 5.06. The van der Waals surface area contributed by atoms with Crippen LogP contribution in [-0.2, 0) is 0 Å². The summed E-state index contributed by atoms with van der Waals surface area (Å²) in [5, 5.41) is 11.5. The molecule has 0 amide bonds. The predicted molar refractivity (Wildman–Crippen MR) is 154 cm³/mol. The third-order valence-electron chi connectivity index (χ3n) is 7.55. The molecule has 0 aliphatic heterocycles. The Bertz CT molecular complexity index is 2090. The summed E-state index contributed by atoms with van der Waals surface area (Å²) in [4.78, 5) is 5.06. The molecule has 0 bridgehead atoms. The van der Waals surface area contributed by atoms with Crippen molar-refractivity contribution in [2.24, 2.45) is 0 Å². The van der Waals surface area contributed by atoms with Gasteiger partial charge in [0.1, 0.15) is 0 Å². The second-order valence-corrected chi connectivity index (χ2v) is 9.64. The minimum absolute atomic E-state index is 0.998. The lowest BCUT2D eigenvalue weighted by Crippen LogP contribution is -1.89. The SMILES string of the molecule is c1cc(-c2ccc3cc4ccccc4cc3n2)cc(-c2ccc3ccc4cccc5ccc2c3c45)c1. The zero-order valence-corrected chi connectivity index (χ0v) is 19.6. The molecule has 0 unspecified atom stereocenters. The van der Waals surface area contributed by atoms with Gasteiger partial charge in [-0.05, 0) is 78.5 Å². The van der Waals surface area contributed by atoms with Gasteiger partial charge in [0.2, 0.25) is 0 Å². The van der Waals surface area contributed by atoms with Crippen molar-refractivity contribution in [2.75, 3.05) is 0 Å². The highest BCUT2D eigenvalue weighted by Gasteiger charge is 2.13. The van der Waals surface area contributed by atoms with Gasteiger partial charge in [-0.3, -0.25) is 0 Å². The number of hydrogen-bond acceptors (Lipinski definition) is 1. The topological polar surface area (TPSA) is 12.9 Å². The highest BCUT2D eigenvalue weighted by Crippen LogP contribution is 2.39. The van der Waals surface area contributed by atoms with Crippen molar-refractivity contribution in [2.45, 2.75) is 0 Å². The van der Waals surface area contributed by atoms with E-state index in [0.717, 1.165) is 16.8 Å². The van der Waals surface area contributed by atoms with Gasteiger partial charge in [-0.1, -0.05) is 103 Å². The van der Waals surface area contributed by atoms with Crippen LogP contribution in [0.1, 0.15) is 0 Å². The van der Waals surface area contributed by atoms with Crippen molar-refractivity contribution in [3.05, 3.63) is 127 Å². The van der Waals surface area contributed by atoms with Crippen LogP contribution in [0.2, 0.25) is 0 Å². The molecule has 1 nitrogen and oxygen atoms in total. The van der Waals surface area contributed by atoms with Gasteiger partial charge >= 0.3 is 0 Å². The molecule has 0 spiro atoms. The van der Waals surface area contributed by atoms with Crippen LogP contribution in [0.5, 0.6) is 0 Å². The Labute approximate surface area is 208 Å². The first kappa shape index (κ1) is 19.5. The molecule has 1 heterocycles. The fourth-order valence-corrected chi connectivity index (χ4v) is 5.81. The molecule has 0 radical (unpaired) electrons. The van der Waals surface area contributed by atoms with E-state index >= 15 is 0 Å². The molecule has 8 aromatic rings. The molecule has 166 valence electrons. The van der Waals surface area contributed by atoms with Crippen LogP contribution >= 0.6 is 0 Å². The van der Waals surface area contributed by atoms with Gasteiger partial charge < -0.3 is 0 Å². The Morgan fingerprint density at radius 1 is 0.389 bits per heavy atom. The van der Waals surface area contributed by atoms with Gasteiger partial charge in [-0.25, -0.2) is 4.98 Å². The van der Waals surface area contributed by atoms with E-state index in [2.05, 4.69) is 127 Å². The number of benzene rings is 7. The Balaban J connectivity index is 1.31. The minimum atomic E-state index is 0.998. The van der Waals surface area contributed by atoms with E-state index < -0.39 is 0 Å². The van der Waals surface area contributed by atoms with Crippen molar-refractivity contribution >= 4 is 54.0 Å². The molecule has 0 aliphatic rings.